The number of hydrogen-bond donors (Lipinski definition) is 1. The average Bonchev–Trinajstić information content (AvgIpc) is 2.39. The first-order valence-corrected chi connectivity index (χ1v) is 6.25. The molecule has 1 aromatic carbocycles. The minimum Gasteiger partial charge on any atom is -0.383 e. The van der Waals surface area contributed by atoms with Gasteiger partial charge in [-0.25, -0.2) is 4.39 Å². The minimum absolute atomic E-state index is 0.270. The van der Waals surface area contributed by atoms with Crippen molar-refractivity contribution in [2.45, 2.75) is 19.5 Å². The van der Waals surface area contributed by atoms with Crippen LogP contribution in [0.5, 0.6) is 0 Å². The van der Waals surface area contributed by atoms with Gasteiger partial charge in [-0.2, -0.15) is 0 Å². The number of likely N-dealkylation sites (N-methyl/N-ethyl adjacent to an activating group) is 1. The molecule has 0 amide bonds. The van der Waals surface area contributed by atoms with Crippen LogP contribution in [0.4, 0.5) is 4.39 Å². The van der Waals surface area contributed by atoms with Crippen molar-refractivity contribution >= 4 is 0 Å². The van der Waals surface area contributed by atoms with Crippen molar-refractivity contribution in [2.24, 2.45) is 5.73 Å². The van der Waals surface area contributed by atoms with Crippen LogP contribution in [0.2, 0.25) is 0 Å². The van der Waals surface area contributed by atoms with Crippen molar-refractivity contribution in [2.75, 3.05) is 27.3 Å². The molecular weight excluding hydrogens is 243 g/mol. The van der Waals surface area contributed by atoms with Crippen LogP contribution >= 0.6 is 0 Å². The molecule has 0 saturated carbocycles. The second-order valence-corrected chi connectivity index (χ2v) is 4.53. The first-order valence-electron chi connectivity index (χ1n) is 6.25. The quantitative estimate of drug-likeness (QED) is 0.821. The van der Waals surface area contributed by atoms with Crippen LogP contribution in [0, 0.1) is 17.7 Å². The third-order valence-electron chi connectivity index (χ3n) is 2.98. The van der Waals surface area contributed by atoms with Gasteiger partial charge in [0, 0.05) is 25.3 Å². The van der Waals surface area contributed by atoms with Crippen molar-refractivity contribution in [1.82, 2.24) is 4.90 Å². The molecule has 104 valence electrons. The fraction of sp³-hybridized carbons (Fsp3) is 0.467. The van der Waals surface area contributed by atoms with Gasteiger partial charge in [0.15, 0.2) is 0 Å². The Morgan fingerprint density at radius 1 is 1.47 bits per heavy atom. The molecule has 4 heteroatoms. The summed E-state index contributed by atoms with van der Waals surface area (Å²) in [6, 6.07) is 4.96. The van der Waals surface area contributed by atoms with E-state index in [0.717, 1.165) is 5.56 Å². The molecule has 0 aliphatic carbocycles. The number of methoxy groups -OCH3 is 1. The zero-order chi connectivity index (χ0) is 14.3. The third-order valence-corrected chi connectivity index (χ3v) is 2.98. The van der Waals surface area contributed by atoms with Gasteiger partial charge in [0.2, 0.25) is 0 Å². The highest BCUT2D eigenvalue weighted by Crippen LogP contribution is 2.14. The molecule has 0 aliphatic heterocycles. The molecule has 0 fully saturated rings. The molecule has 0 aromatic heterocycles. The highest BCUT2D eigenvalue weighted by Gasteiger charge is 2.11. The lowest BCUT2D eigenvalue weighted by Crippen LogP contribution is -2.32. The fourth-order valence-electron chi connectivity index (χ4n) is 1.74. The maximum Gasteiger partial charge on any atom is 0.124 e. The lowest BCUT2D eigenvalue weighted by molar-refractivity contribution is 0.112. The first-order chi connectivity index (χ1) is 9.08. The van der Waals surface area contributed by atoms with E-state index in [9.17, 15) is 4.39 Å². The SMILES string of the molecule is COCC(C)N(C)Cc1ccc(F)cc1C#CCN. The molecule has 0 saturated heterocycles. The largest absolute Gasteiger partial charge is 0.383 e. The van der Waals surface area contributed by atoms with E-state index in [1.165, 1.54) is 12.1 Å². The lowest BCUT2D eigenvalue weighted by Gasteiger charge is -2.24. The van der Waals surface area contributed by atoms with Gasteiger partial charge >= 0.3 is 0 Å². The zero-order valence-electron chi connectivity index (χ0n) is 11.7. The molecule has 1 aromatic rings. The van der Waals surface area contributed by atoms with E-state index in [2.05, 4.69) is 23.7 Å². The van der Waals surface area contributed by atoms with E-state index < -0.39 is 0 Å². The molecule has 1 atom stereocenters. The van der Waals surface area contributed by atoms with Gasteiger partial charge in [0.1, 0.15) is 5.82 Å². The Labute approximate surface area is 114 Å². The second-order valence-electron chi connectivity index (χ2n) is 4.53. The summed E-state index contributed by atoms with van der Waals surface area (Å²) in [7, 11) is 3.69. The number of nitrogens with two attached hydrogens (primary N) is 1. The number of nitrogens with zero attached hydrogens (tertiary/aromatic N) is 1. The molecule has 0 bridgehead atoms. The summed E-state index contributed by atoms with van der Waals surface area (Å²) in [5, 5.41) is 0. The van der Waals surface area contributed by atoms with E-state index in [1.807, 2.05) is 7.05 Å². The molecule has 3 nitrogen and oxygen atoms in total. The summed E-state index contributed by atoms with van der Waals surface area (Å²) in [4.78, 5) is 2.14. The summed E-state index contributed by atoms with van der Waals surface area (Å²) in [5.74, 6) is 5.40. The van der Waals surface area contributed by atoms with E-state index >= 15 is 0 Å². The molecule has 0 aliphatic rings. The van der Waals surface area contributed by atoms with Gasteiger partial charge in [0.25, 0.3) is 0 Å². The molecular formula is C15H21FN2O. The second kappa shape index (κ2) is 7.90. The Morgan fingerprint density at radius 2 is 2.21 bits per heavy atom. The van der Waals surface area contributed by atoms with Crippen molar-refractivity contribution in [3.05, 3.63) is 35.1 Å². The monoisotopic (exact) mass is 264 g/mol. The smallest absolute Gasteiger partial charge is 0.124 e. The van der Waals surface area contributed by atoms with Gasteiger partial charge in [-0.05, 0) is 31.7 Å². The van der Waals surface area contributed by atoms with Gasteiger partial charge in [0.05, 0.1) is 13.2 Å². The average molecular weight is 264 g/mol. The number of halogens is 1. The Kier molecular flexibility index (Phi) is 6.51. The molecule has 0 spiro atoms. The number of rotatable bonds is 5. The van der Waals surface area contributed by atoms with E-state index in [4.69, 9.17) is 10.5 Å². The van der Waals surface area contributed by atoms with Crippen molar-refractivity contribution in [3.63, 3.8) is 0 Å². The normalized spacial score (nSPS) is 12.1. The van der Waals surface area contributed by atoms with Crippen LogP contribution < -0.4 is 5.73 Å². The summed E-state index contributed by atoms with van der Waals surface area (Å²) in [6.07, 6.45) is 0. The zero-order valence-corrected chi connectivity index (χ0v) is 11.7. The molecule has 0 radical (unpaired) electrons. The van der Waals surface area contributed by atoms with Crippen LogP contribution in [0.3, 0.4) is 0 Å². The van der Waals surface area contributed by atoms with Crippen molar-refractivity contribution in [1.29, 1.82) is 0 Å². The van der Waals surface area contributed by atoms with Crippen LogP contribution in [0.1, 0.15) is 18.1 Å². The Balaban J connectivity index is 2.87. The predicted molar refractivity (Wildman–Crippen MR) is 75.1 cm³/mol. The summed E-state index contributed by atoms with van der Waals surface area (Å²) >= 11 is 0. The highest BCUT2D eigenvalue weighted by atomic mass is 19.1. The number of hydrogen-bond acceptors (Lipinski definition) is 3. The van der Waals surface area contributed by atoms with Gasteiger partial charge in [-0.1, -0.05) is 17.9 Å². The minimum atomic E-state index is -0.280. The number of benzene rings is 1. The van der Waals surface area contributed by atoms with E-state index in [1.54, 1.807) is 13.2 Å². The van der Waals surface area contributed by atoms with E-state index in [-0.39, 0.29) is 18.4 Å². The Hall–Kier alpha value is -1.41. The standard InChI is InChI=1S/C15H21FN2O/c1-12(11-19-3)18(2)10-14-6-7-15(16)9-13(14)5-4-8-17/h6-7,9,12H,8,10-11,17H2,1-3H3. The van der Waals surface area contributed by atoms with E-state index in [0.29, 0.717) is 18.7 Å². The van der Waals surface area contributed by atoms with Crippen LogP contribution in [0.15, 0.2) is 18.2 Å². The molecule has 1 rings (SSSR count). The van der Waals surface area contributed by atoms with Crippen LogP contribution in [-0.4, -0.2) is 38.3 Å². The Bertz CT molecular complexity index is 465. The van der Waals surface area contributed by atoms with Crippen molar-refractivity contribution in [3.8, 4) is 11.8 Å². The molecule has 19 heavy (non-hydrogen) atoms. The maximum absolute atomic E-state index is 13.3. The Morgan fingerprint density at radius 3 is 2.84 bits per heavy atom. The first kappa shape index (κ1) is 15.6. The van der Waals surface area contributed by atoms with Crippen LogP contribution in [0.25, 0.3) is 0 Å². The molecule has 0 heterocycles. The molecule has 2 N–H and O–H groups in total. The fourth-order valence-corrected chi connectivity index (χ4v) is 1.74. The topological polar surface area (TPSA) is 38.5 Å². The predicted octanol–water partition coefficient (Wildman–Crippen LogP) is 1.60. The molecule has 1 unspecified atom stereocenters. The van der Waals surface area contributed by atoms with Gasteiger partial charge < -0.3 is 10.5 Å². The van der Waals surface area contributed by atoms with Crippen molar-refractivity contribution < 1.29 is 9.13 Å². The summed E-state index contributed by atoms with van der Waals surface area (Å²) in [5.41, 5.74) is 7.05. The van der Waals surface area contributed by atoms with Gasteiger partial charge in [-0.3, -0.25) is 4.90 Å². The summed E-state index contributed by atoms with van der Waals surface area (Å²) < 4.78 is 18.4. The van der Waals surface area contributed by atoms with Crippen LogP contribution in [-0.2, 0) is 11.3 Å². The highest BCUT2D eigenvalue weighted by molar-refractivity contribution is 5.41. The summed E-state index contributed by atoms with van der Waals surface area (Å²) in [6.45, 7) is 3.70. The maximum atomic E-state index is 13.3. The third kappa shape index (κ3) is 4.99. The lowest BCUT2D eigenvalue weighted by atomic mass is 10.1. The number of ether oxygens (including phenoxy) is 1. The van der Waals surface area contributed by atoms with Gasteiger partial charge in [-0.15, -0.1) is 0 Å².